The van der Waals surface area contributed by atoms with E-state index in [9.17, 15) is 14.7 Å². The summed E-state index contributed by atoms with van der Waals surface area (Å²) < 4.78 is 0. The van der Waals surface area contributed by atoms with Gasteiger partial charge in [-0.3, -0.25) is 9.78 Å². The number of aromatic nitrogens is 1. The molecule has 7 heteroatoms. The lowest BCUT2D eigenvalue weighted by Crippen LogP contribution is -2.13. The quantitative estimate of drug-likeness (QED) is 0.913. The molecule has 104 valence electrons. The summed E-state index contributed by atoms with van der Waals surface area (Å²) in [5, 5.41) is 12.6. The zero-order valence-electron chi connectivity index (χ0n) is 10.5. The zero-order valence-corrected chi connectivity index (χ0v) is 12.1. The number of carboxylic acid groups (broad SMARTS) is 1. The number of carboxylic acids is 1. The number of aryl methyl sites for hydroxylation is 1. The van der Waals surface area contributed by atoms with Gasteiger partial charge in [0.25, 0.3) is 5.91 Å². The first-order valence-electron chi connectivity index (χ1n) is 6.24. The van der Waals surface area contributed by atoms with Crippen LogP contribution in [0.1, 0.15) is 43.3 Å². The van der Waals surface area contributed by atoms with E-state index in [-0.39, 0.29) is 11.5 Å². The van der Waals surface area contributed by atoms with E-state index in [4.69, 9.17) is 0 Å². The number of nitrogens with one attached hydrogen (secondary N) is 1. The maximum absolute atomic E-state index is 12.0. The summed E-state index contributed by atoms with van der Waals surface area (Å²) >= 11 is 2.62. The van der Waals surface area contributed by atoms with Gasteiger partial charge in [0.2, 0.25) is 0 Å². The molecule has 0 saturated carbocycles. The molecule has 2 aromatic heterocycles. The van der Waals surface area contributed by atoms with Crippen LogP contribution in [0, 0.1) is 0 Å². The Morgan fingerprint density at radius 2 is 2.10 bits per heavy atom. The monoisotopic (exact) mass is 308 g/mol. The van der Waals surface area contributed by atoms with Gasteiger partial charge in [0.15, 0.2) is 0 Å². The van der Waals surface area contributed by atoms with Gasteiger partial charge in [-0.1, -0.05) is 0 Å². The lowest BCUT2D eigenvalue weighted by atomic mass is 9.95. The molecule has 2 N–H and O–H groups in total. The molecule has 0 saturated heterocycles. The van der Waals surface area contributed by atoms with Crippen LogP contribution in [-0.4, -0.2) is 22.0 Å². The van der Waals surface area contributed by atoms with E-state index in [0.29, 0.717) is 9.88 Å². The van der Waals surface area contributed by atoms with Crippen LogP contribution in [0.15, 0.2) is 11.7 Å². The molecule has 0 aromatic carbocycles. The highest BCUT2D eigenvalue weighted by atomic mass is 32.1. The van der Waals surface area contributed by atoms with Crippen molar-refractivity contribution < 1.29 is 14.7 Å². The van der Waals surface area contributed by atoms with Crippen LogP contribution in [0.4, 0.5) is 5.00 Å². The molecule has 0 bridgehead atoms. The van der Waals surface area contributed by atoms with Crippen molar-refractivity contribution in [1.82, 2.24) is 4.98 Å². The smallest absolute Gasteiger partial charge is 0.339 e. The Kier molecular flexibility index (Phi) is 3.54. The normalized spacial score (nSPS) is 13.8. The summed E-state index contributed by atoms with van der Waals surface area (Å²) in [7, 11) is 0. The molecule has 1 aliphatic rings. The van der Waals surface area contributed by atoms with Crippen molar-refractivity contribution in [3.63, 3.8) is 0 Å². The van der Waals surface area contributed by atoms with Crippen LogP contribution in [0.5, 0.6) is 0 Å². The summed E-state index contributed by atoms with van der Waals surface area (Å²) in [4.78, 5) is 28.9. The van der Waals surface area contributed by atoms with Crippen LogP contribution in [-0.2, 0) is 12.8 Å². The van der Waals surface area contributed by atoms with Crippen LogP contribution in [0.3, 0.4) is 0 Å². The topological polar surface area (TPSA) is 79.3 Å². The lowest BCUT2D eigenvalue weighted by molar-refractivity contribution is 0.0697. The second-order valence-electron chi connectivity index (χ2n) is 4.54. The molecule has 0 spiro atoms. The summed E-state index contributed by atoms with van der Waals surface area (Å²) in [6.07, 6.45) is 5.25. The summed E-state index contributed by atoms with van der Waals surface area (Å²) in [6, 6.07) is 0. The molecule has 0 atom stereocenters. The number of thiazole rings is 1. The van der Waals surface area contributed by atoms with E-state index in [0.717, 1.165) is 36.1 Å². The molecular formula is C13H12N2O3S2. The molecule has 5 nitrogen and oxygen atoms in total. The van der Waals surface area contributed by atoms with Crippen molar-refractivity contribution in [2.75, 3.05) is 5.32 Å². The molecule has 1 aliphatic carbocycles. The summed E-state index contributed by atoms with van der Waals surface area (Å²) in [6.45, 7) is 0. The number of carbonyl (C=O) groups is 2. The number of amides is 1. The molecule has 3 rings (SSSR count). The number of hydrogen-bond donors (Lipinski definition) is 2. The maximum Gasteiger partial charge on any atom is 0.339 e. The molecule has 0 fully saturated rings. The fraction of sp³-hybridized carbons (Fsp3) is 0.308. The second kappa shape index (κ2) is 5.34. The van der Waals surface area contributed by atoms with E-state index in [2.05, 4.69) is 10.3 Å². The largest absolute Gasteiger partial charge is 0.478 e. The summed E-state index contributed by atoms with van der Waals surface area (Å²) in [5.41, 5.74) is 2.74. The van der Waals surface area contributed by atoms with Crippen LogP contribution in [0.25, 0.3) is 0 Å². The van der Waals surface area contributed by atoms with Crippen molar-refractivity contribution in [2.24, 2.45) is 0 Å². The minimum Gasteiger partial charge on any atom is -0.478 e. The van der Waals surface area contributed by atoms with Gasteiger partial charge in [-0.15, -0.1) is 22.7 Å². The van der Waals surface area contributed by atoms with Crippen molar-refractivity contribution in [3.05, 3.63) is 32.6 Å². The highest BCUT2D eigenvalue weighted by Crippen LogP contribution is 2.38. The van der Waals surface area contributed by atoms with Crippen LogP contribution >= 0.6 is 22.7 Å². The Hall–Kier alpha value is -1.73. The van der Waals surface area contributed by atoms with Gasteiger partial charge < -0.3 is 10.4 Å². The molecule has 2 heterocycles. The molecule has 0 aliphatic heterocycles. The van der Waals surface area contributed by atoms with E-state index in [1.165, 1.54) is 28.9 Å². The molecular weight excluding hydrogens is 296 g/mol. The highest BCUT2D eigenvalue weighted by Gasteiger charge is 2.26. The Labute approximate surface area is 123 Å². The minimum atomic E-state index is -0.969. The minimum absolute atomic E-state index is 0.266. The number of thiophene rings is 1. The van der Waals surface area contributed by atoms with Crippen LogP contribution in [0.2, 0.25) is 0 Å². The van der Waals surface area contributed by atoms with E-state index in [1.54, 1.807) is 5.51 Å². The fourth-order valence-electron chi connectivity index (χ4n) is 2.37. The highest BCUT2D eigenvalue weighted by molar-refractivity contribution is 7.17. The number of carbonyl (C=O) groups excluding carboxylic acids is 1. The van der Waals surface area contributed by atoms with Gasteiger partial charge in [0.1, 0.15) is 9.88 Å². The zero-order chi connectivity index (χ0) is 14.1. The summed E-state index contributed by atoms with van der Waals surface area (Å²) in [5.74, 6) is -1.27. The van der Waals surface area contributed by atoms with E-state index in [1.807, 2.05) is 0 Å². The molecule has 20 heavy (non-hydrogen) atoms. The SMILES string of the molecule is O=C(Nc1sc2c(c1C(=O)O)CCCC2)c1cncs1. The molecule has 2 aromatic rings. The average molecular weight is 308 g/mol. The Morgan fingerprint density at radius 1 is 1.30 bits per heavy atom. The van der Waals surface area contributed by atoms with Crippen molar-refractivity contribution in [1.29, 1.82) is 0 Å². The van der Waals surface area contributed by atoms with E-state index >= 15 is 0 Å². The van der Waals surface area contributed by atoms with Gasteiger partial charge in [0, 0.05) is 4.88 Å². The first kappa shape index (κ1) is 13.3. The van der Waals surface area contributed by atoms with Gasteiger partial charge in [-0.05, 0) is 31.2 Å². The van der Waals surface area contributed by atoms with Crippen LogP contribution < -0.4 is 5.32 Å². The second-order valence-corrected chi connectivity index (χ2v) is 6.53. The van der Waals surface area contributed by atoms with Gasteiger partial charge in [-0.25, -0.2) is 4.79 Å². The third-order valence-electron chi connectivity index (χ3n) is 3.27. The first-order valence-corrected chi connectivity index (χ1v) is 7.94. The number of aromatic carboxylic acids is 1. The van der Waals surface area contributed by atoms with Gasteiger partial charge in [0.05, 0.1) is 17.3 Å². The molecule has 0 radical (unpaired) electrons. The standard InChI is InChI=1S/C13H12N2O3S2/c16-11(9-5-14-6-19-9)15-12-10(13(17)18)7-3-1-2-4-8(7)20-12/h5-6H,1-4H2,(H,15,16)(H,17,18). The van der Waals surface area contributed by atoms with Crippen molar-refractivity contribution >= 4 is 39.6 Å². The number of nitrogens with zero attached hydrogens (tertiary/aromatic N) is 1. The number of hydrogen-bond acceptors (Lipinski definition) is 5. The van der Waals surface area contributed by atoms with Crippen molar-refractivity contribution in [2.45, 2.75) is 25.7 Å². The average Bonchev–Trinajstić information content (AvgIpc) is 3.05. The Balaban J connectivity index is 1.95. The third-order valence-corrected chi connectivity index (χ3v) is 5.25. The van der Waals surface area contributed by atoms with Gasteiger partial charge in [-0.2, -0.15) is 0 Å². The predicted molar refractivity (Wildman–Crippen MR) is 78.0 cm³/mol. The number of fused-ring (bicyclic) bond motifs is 1. The third kappa shape index (κ3) is 2.34. The Bertz CT molecular complexity index is 661. The first-order chi connectivity index (χ1) is 9.66. The predicted octanol–water partition coefficient (Wildman–Crippen LogP) is 3.03. The lowest BCUT2D eigenvalue weighted by Gasteiger charge is -2.10. The molecule has 0 unspecified atom stereocenters. The molecule has 1 amide bonds. The van der Waals surface area contributed by atoms with E-state index < -0.39 is 5.97 Å². The number of rotatable bonds is 3. The fourth-order valence-corrected chi connectivity index (χ4v) is 4.16. The van der Waals surface area contributed by atoms with Gasteiger partial charge >= 0.3 is 5.97 Å². The van der Waals surface area contributed by atoms with Crippen molar-refractivity contribution in [3.8, 4) is 0 Å². The maximum atomic E-state index is 12.0. The number of anilines is 1. The Morgan fingerprint density at radius 3 is 2.80 bits per heavy atom.